The Morgan fingerprint density at radius 1 is 1.10 bits per heavy atom. The lowest BCUT2D eigenvalue weighted by molar-refractivity contribution is 0.0604. The normalized spacial score (nSPS) is 16.6. The number of nitrogens with zero attached hydrogens (tertiary/aromatic N) is 2. The number of aromatic nitrogens is 1. The summed E-state index contributed by atoms with van der Waals surface area (Å²) in [4.78, 5) is 21.1. The summed E-state index contributed by atoms with van der Waals surface area (Å²) < 4.78 is 7.04. The van der Waals surface area contributed by atoms with Crippen molar-refractivity contribution in [3.8, 4) is 16.9 Å². The molecule has 2 aromatic carbocycles. The first kappa shape index (κ1) is 32.0. The van der Waals surface area contributed by atoms with Crippen LogP contribution >= 0.6 is 47.8 Å². The third-order valence-electron chi connectivity index (χ3n) is 7.36. The molecule has 5 rings (SSSR count). The number of ether oxygens (including phenoxy) is 1. The fraction of sp³-hybridized carbons (Fsp3) is 0.333. The summed E-state index contributed by atoms with van der Waals surface area (Å²) in [6, 6.07) is 18.4. The van der Waals surface area contributed by atoms with Crippen LogP contribution in [0.1, 0.15) is 47.8 Å². The lowest BCUT2D eigenvalue weighted by atomic mass is 9.89. The Hall–Kier alpha value is -2.55. The number of anilines is 1. The fourth-order valence-corrected chi connectivity index (χ4v) is 6.73. The molecule has 4 aromatic rings. The van der Waals surface area contributed by atoms with Crippen molar-refractivity contribution in [1.29, 1.82) is 0 Å². The summed E-state index contributed by atoms with van der Waals surface area (Å²) in [6.45, 7) is 2.95. The second-order valence-electron chi connectivity index (χ2n) is 9.70. The number of nitrogens with one attached hydrogen (secondary N) is 1. The zero-order valence-electron chi connectivity index (χ0n) is 22.6. The zero-order chi connectivity index (χ0) is 26.6. The quantitative estimate of drug-likeness (QED) is 0.212. The maximum absolute atomic E-state index is 14.2. The molecule has 0 spiro atoms. The summed E-state index contributed by atoms with van der Waals surface area (Å²) in [7, 11) is 2.01. The maximum atomic E-state index is 14.2. The molecule has 3 N–H and O–H groups in total. The molecule has 1 amide bonds. The Balaban J connectivity index is 0.00000220. The lowest BCUT2D eigenvalue weighted by Gasteiger charge is -2.37. The highest BCUT2D eigenvalue weighted by Gasteiger charge is 2.32. The van der Waals surface area contributed by atoms with Crippen molar-refractivity contribution >= 4 is 69.6 Å². The molecule has 1 aliphatic rings. The van der Waals surface area contributed by atoms with Gasteiger partial charge < -0.3 is 20.7 Å². The minimum atomic E-state index is -0.0221. The van der Waals surface area contributed by atoms with Crippen molar-refractivity contribution in [3.05, 3.63) is 76.3 Å². The van der Waals surface area contributed by atoms with Gasteiger partial charge in [0.15, 0.2) is 0 Å². The smallest absolute Gasteiger partial charge is 0.266 e. The van der Waals surface area contributed by atoms with E-state index in [-0.39, 0.29) is 36.8 Å². The highest BCUT2D eigenvalue weighted by molar-refractivity contribution is 7.21. The topological polar surface area (TPSA) is 80.5 Å². The molecule has 10 heteroatoms. The molecular weight excluding hydrogens is 587 g/mol. The summed E-state index contributed by atoms with van der Waals surface area (Å²) in [5.41, 5.74) is 8.73. The number of thiophene rings is 1. The highest BCUT2D eigenvalue weighted by atomic mass is 35.5. The first-order valence-corrected chi connectivity index (χ1v) is 14.3. The molecule has 2 heterocycles. The summed E-state index contributed by atoms with van der Waals surface area (Å²) in [5.74, 6) is 1.24. The molecule has 1 saturated carbocycles. The van der Waals surface area contributed by atoms with Crippen LogP contribution < -0.4 is 15.8 Å². The Kier molecular flexibility index (Phi) is 11.5. The molecule has 2 aromatic heterocycles. The van der Waals surface area contributed by atoms with Gasteiger partial charge in [-0.15, -0.1) is 36.2 Å². The van der Waals surface area contributed by atoms with Crippen molar-refractivity contribution < 1.29 is 9.53 Å². The van der Waals surface area contributed by atoms with Crippen LogP contribution in [-0.2, 0) is 6.54 Å². The number of nitrogens with two attached hydrogens (primary N) is 1. The third-order valence-corrected chi connectivity index (χ3v) is 9.02. The number of fused-ring (bicyclic) bond motifs is 1. The minimum Gasteiger partial charge on any atom is -0.494 e. The molecule has 0 aliphatic heterocycles. The van der Waals surface area contributed by atoms with Gasteiger partial charge in [-0.05, 0) is 75.5 Å². The highest BCUT2D eigenvalue weighted by Crippen LogP contribution is 2.38. The Morgan fingerprint density at radius 3 is 2.48 bits per heavy atom. The van der Waals surface area contributed by atoms with Gasteiger partial charge in [0.1, 0.15) is 16.4 Å². The number of benzene rings is 2. The van der Waals surface area contributed by atoms with Gasteiger partial charge in [0.05, 0.1) is 11.6 Å². The predicted molar refractivity (Wildman–Crippen MR) is 172 cm³/mol. The summed E-state index contributed by atoms with van der Waals surface area (Å²) in [6.07, 6.45) is 5.70. The first-order valence-electron chi connectivity index (χ1n) is 13.1. The van der Waals surface area contributed by atoms with Crippen LogP contribution in [-0.4, -0.2) is 41.5 Å². The number of rotatable bonds is 8. The van der Waals surface area contributed by atoms with Gasteiger partial charge in [-0.2, -0.15) is 0 Å². The molecule has 214 valence electrons. The molecule has 0 bridgehead atoms. The van der Waals surface area contributed by atoms with E-state index in [1.807, 2.05) is 61.3 Å². The van der Waals surface area contributed by atoms with Gasteiger partial charge in [-0.3, -0.25) is 4.79 Å². The van der Waals surface area contributed by atoms with Crippen LogP contribution in [0.2, 0.25) is 5.02 Å². The van der Waals surface area contributed by atoms with E-state index >= 15 is 0 Å². The van der Waals surface area contributed by atoms with Crippen LogP contribution in [0.25, 0.3) is 21.2 Å². The Labute approximate surface area is 257 Å². The number of pyridine rings is 1. The average Bonchev–Trinajstić information content (AvgIpc) is 3.29. The van der Waals surface area contributed by atoms with Gasteiger partial charge in [-0.1, -0.05) is 35.9 Å². The summed E-state index contributed by atoms with van der Waals surface area (Å²) >= 11 is 8.26. The van der Waals surface area contributed by atoms with E-state index in [9.17, 15) is 4.79 Å². The predicted octanol–water partition coefficient (Wildman–Crippen LogP) is 7.61. The number of hydrogen-bond acceptors (Lipinski definition) is 6. The van der Waals surface area contributed by atoms with Crippen LogP contribution in [0.5, 0.6) is 5.75 Å². The number of carbonyl (C=O) groups excluding carboxylic acids is 1. The van der Waals surface area contributed by atoms with Crippen molar-refractivity contribution in [1.82, 2.24) is 15.2 Å². The van der Waals surface area contributed by atoms with Crippen molar-refractivity contribution in [2.24, 2.45) is 0 Å². The fourth-order valence-electron chi connectivity index (χ4n) is 5.26. The van der Waals surface area contributed by atoms with E-state index in [0.717, 1.165) is 58.2 Å². The standard InChI is InChI=1S/C30H33ClN4O2S.2ClH/c1-3-37-25-14-8-19(20-9-15-27(32)34-17-20)16-21(25)18-35(23-12-10-22(33-2)11-13-23)30(36)29-28(31)24-6-4-5-7-26(24)38-29;;/h4-9,14-17,22-23,33H,3,10-13,18H2,1-2H3,(H2,32,34);2*1H. The molecule has 1 aliphatic carbocycles. The van der Waals surface area contributed by atoms with Crippen molar-refractivity contribution in [3.63, 3.8) is 0 Å². The summed E-state index contributed by atoms with van der Waals surface area (Å²) in [5, 5.41) is 4.86. The van der Waals surface area contributed by atoms with Crippen molar-refractivity contribution in [2.45, 2.75) is 51.2 Å². The Bertz CT molecular complexity index is 1420. The average molecular weight is 622 g/mol. The van der Waals surface area contributed by atoms with Crippen LogP contribution in [0.4, 0.5) is 5.82 Å². The first-order chi connectivity index (χ1) is 18.5. The van der Waals surface area contributed by atoms with E-state index < -0.39 is 0 Å². The van der Waals surface area contributed by atoms with Crippen molar-refractivity contribution in [2.75, 3.05) is 19.4 Å². The number of hydrogen-bond donors (Lipinski definition) is 2. The maximum Gasteiger partial charge on any atom is 0.266 e. The molecule has 0 atom stereocenters. The number of carbonyl (C=O) groups is 1. The van der Waals surface area contributed by atoms with E-state index in [1.165, 1.54) is 11.3 Å². The monoisotopic (exact) mass is 620 g/mol. The number of nitrogen functional groups attached to an aromatic ring is 1. The Morgan fingerprint density at radius 2 is 1.82 bits per heavy atom. The SMILES string of the molecule is CCOc1ccc(-c2ccc(N)nc2)cc1CN(C(=O)c1sc2ccccc2c1Cl)C1CCC(NC)CC1.Cl.Cl. The van der Waals surface area contributed by atoms with Gasteiger partial charge in [0.2, 0.25) is 0 Å². The van der Waals surface area contributed by atoms with Crippen LogP contribution in [0.15, 0.2) is 60.8 Å². The second-order valence-corrected chi connectivity index (χ2v) is 11.1. The van der Waals surface area contributed by atoms with Crippen LogP contribution in [0.3, 0.4) is 0 Å². The van der Waals surface area contributed by atoms with E-state index in [1.54, 1.807) is 12.3 Å². The third kappa shape index (κ3) is 6.84. The van der Waals surface area contributed by atoms with Gasteiger partial charge in [0.25, 0.3) is 5.91 Å². The lowest BCUT2D eigenvalue weighted by Crippen LogP contribution is -2.44. The molecule has 0 saturated heterocycles. The molecular formula is C30H35Cl3N4O2S. The zero-order valence-corrected chi connectivity index (χ0v) is 25.8. The van der Waals surface area contributed by atoms with E-state index in [4.69, 9.17) is 22.1 Å². The van der Waals surface area contributed by atoms with E-state index in [2.05, 4.69) is 16.4 Å². The number of amides is 1. The minimum absolute atomic E-state index is 0. The van der Waals surface area contributed by atoms with Gasteiger partial charge in [0, 0.05) is 46.0 Å². The van der Waals surface area contributed by atoms with Gasteiger partial charge in [-0.25, -0.2) is 4.98 Å². The molecule has 40 heavy (non-hydrogen) atoms. The second kappa shape index (κ2) is 14.4. The molecule has 0 unspecified atom stereocenters. The number of halogens is 3. The molecule has 0 radical (unpaired) electrons. The molecule has 6 nitrogen and oxygen atoms in total. The van der Waals surface area contributed by atoms with Crippen LogP contribution in [0, 0.1) is 0 Å². The largest absolute Gasteiger partial charge is 0.494 e. The van der Waals surface area contributed by atoms with Gasteiger partial charge >= 0.3 is 0 Å². The molecule has 1 fully saturated rings. The van der Waals surface area contributed by atoms with E-state index in [0.29, 0.717) is 34.9 Å².